The number of hydrogen-bond donors (Lipinski definition) is 1. The van der Waals surface area contributed by atoms with E-state index < -0.39 is 0 Å². The van der Waals surface area contributed by atoms with Crippen LogP contribution in [-0.4, -0.2) is 43.5 Å². The lowest BCUT2D eigenvalue weighted by Crippen LogP contribution is -2.44. The van der Waals surface area contributed by atoms with Crippen LogP contribution in [0.5, 0.6) is 0 Å². The van der Waals surface area contributed by atoms with E-state index in [1.165, 1.54) is 11.1 Å². The Morgan fingerprint density at radius 2 is 2.39 bits per heavy atom. The van der Waals surface area contributed by atoms with E-state index in [0.29, 0.717) is 11.7 Å². The van der Waals surface area contributed by atoms with Gasteiger partial charge in [0, 0.05) is 12.6 Å². The van der Waals surface area contributed by atoms with E-state index in [4.69, 9.17) is 5.11 Å². The molecule has 6 heteroatoms. The van der Waals surface area contributed by atoms with Crippen LogP contribution in [0.2, 0.25) is 0 Å². The molecule has 1 aliphatic rings. The minimum absolute atomic E-state index is 0.0935. The van der Waals surface area contributed by atoms with Crippen molar-refractivity contribution in [2.45, 2.75) is 51.8 Å². The number of carbonyl (C=O) groups excluding carboxylic acids is 1. The Balaban J connectivity index is 1.97. The number of hydrogen-bond acceptors (Lipinski definition) is 4. The van der Waals surface area contributed by atoms with Crippen molar-refractivity contribution in [3.8, 4) is 0 Å². The SMILES string of the molecule is CCC1CCCCN1C(=O)Cn1cc(CO)nn1. The minimum Gasteiger partial charge on any atom is -0.390 e. The van der Waals surface area contributed by atoms with Gasteiger partial charge >= 0.3 is 0 Å². The first-order valence-corrected chi connectivity index (χ1v) is 6.54. The molecule has 1 amide bonds. The molecule has 1 N–H and O–H groups in total. The highest BCUT2D eigenvalue weighted by Gasteiger charge is 2.25. The lowest BCUT2D eigenvalue weighted by molar-refractivity contribution is -0.135. The zero-order valence-electron chi connectivity index (χ0n) is 10.7. The van der Waals surface area contributed by atoms with Crippen LogP contribution in [0.25, 0.3) is 0 Å². The highest BCUT2D eigenvalue weighted by atomic mass is 16.3. The second kappa shape index (κ2) is 5.95. The smallest absolute Gasteiger partial charge is 0.244 e. The van der Waals surface area contributed by atoms with E-state index in [9.17, 15) is 4.79 Å². The number of aromatic nitrogens is 3. The maximum Gasteiger partial charge on any atom is 0.244 e. The summed E-state index contributed by atoms with van der Waals surface area (Å²) in [5.41, 5.74) is 0.494. The Hall–Kier alpha value is -1.43. The van der Waals surface area contributed by atoms with Gasteiger partial charge in [-0.3, -0.25) is 4.79 Å². The summed E-state index contributed by atoms with van der Waals surface area (Å²) in [5.74, 6) is 0.0935. The number of aliphatic hydroxyl groups is 1. The van der Waals surface area contributed by atoms with Crippen LogP contribution < -0.4 is 0 Å². The third-order valence-corrected chi connectivity index (χ3v) is 3.46. The van der Waals surface area contributed by atoms with Gasteiger partial charge in [0.15, 0.2) is 0 Å². The van der Waals surface area contributed by atoms with Gasteiger partial charge in [0.25, 0.3) is 0 Å². The van der Waals surface area contributed by atoms with Gasteiger partial charge in [0.1, 0.15) is 12.2 Å². The molecular weight excluding hydrogens is 232 g/mol. The lowest BCUT2D eigenvalue weighted by Gasteiger charge is -2.35. The van der Waals surface area contributed by atoms with Crippen molar-refractivity contribution >= 4 is 5.91 Å². The summed E-state index contributed by atoms with van der Waals surface area (Å²) in [6, 6.07) is 0.368. The molecule has 2 rings (SSSR count). The Labute approximate surface area is 107 Å². The standard InChI is InChI=1S/C12H20N4O2/c1-2-11-5-3-4-6-16(11)12(18)8-15-7-10(9-17)13-14-15/h7,11,17H,2-6,8-9H2,1H3. The van der Waals surface area contributed by atoms with Gasteiger partial charge in [0.05, 0.1) is 12.8 Å². The summed E-state index contributed by atoms with van der Waals surface area (Å²) in [6.45, 7) is 3.04. The lowest BCUT2D eigenvalue weighted by atomic mass is 10.00. The fraction of sp³-hybridized carbons (Fsp3) is 0.750. The molecule has 1 unspecified atom stereocenters. The summed E-state index contributed by atoms with van der Waals surface area (Å²) in [6.07, 6.45) is 6.01. The molecule has 100 valence electrons. The van der Waals surface area contributed by atoms with E-state index >= 15 is 0 Å². The van der Waals surface area contributed by atoms with Gasteiger partial charge in [-0.2, -0.15) is 0 Å². The Morgan fingerprint density at radius 3 is 3.06 bits per heavy atom. The van der Waals surface area contributed by atoms with Crippen LogP contribution in [0.1, 0.15) is 38.3 Å². The molecule has 0 radical (unpaired) electrons. The number of nitrogens with zero attached hydrogens (tertiary/aromatic N) is 4. The number of likely N-dealkylation sites (tertiary alicyclic amines) is 1. The predicted octanol–water partition coefficient (Wildman–Crippen LogP) is 0.561. The second-order valence-corrected chi connectivity index (χ2v) is 4.71. The molecule has 1 aromatic heterocycles. The summed E-state index contributed by atoms with van der Waals surface area (Å²) in [4.78, 5) is 14.2. The Kier molecular flexibility index (Phi) is 4.30. The molecule has 0 bridgehead atoms. The monoisotopic (exact) mass is 252 g/mol. The molecule has 0 saturated carbocycles. The summed E-state index contributed by atoms with van der Waals surface area (Å²) < 4.78 is 1.50. The fourth-order valence-electron chi connectivity index (χ4n) is 2.47. The van der Waals surface area contributed by atoms with E-state index in [1.54, 1.807) is 6.20 Å². The van der Waals surface area contributed by atoms with Gasteiger partial charge in [-0.25, -0.2) is 4.68 Å². The topological polar surface area (TPSA) is 71.2 Å². The van der Waals surface area contributed by atoms with Gasteiger partial charge in [-0.1, -0.05) is 12.1 Å². The van der Waals surface area contributed by atoms with Crippen LogP contribution in [0.3, 0.4) is 0 Å². The molecule has 2 heterocycles. The Morgan fingerprint density at radius 1 is 1.56 bits per heavy atom. The first kappa shape index (κ1) is 13.0. The molecule has 0 spiro atoms. The van der Waals surface area contributed by atoms with Gasteiger partial charge in [-0.15, -0.1) is 5.10 Å². The third-order valence-electron chi connectivity index (χ3n) is 3.46. The molecule has 6 nitrogen and oxygen atoms in total. The highest BCUT2D eigenvalue weighted by Crippen LogP contribution is 2.19. The van der Waals surface area contributed by atoms with E-state index in [-0.39, 0.29) is 19.1 Å². The quantitative estimate of drug-likeness (QED) is 0.850. The van der Waals surface area contributed by atoms with Crippen LogP contribution in [0.15, 0.2) is 6.20 Å². The molecule has 1 saturated heterocycles. The molecule has 1 aliphatic heterocycles. The first-order chi connectivity index (χ1) is 8.74. The van der Waals surface area contributed by atoms with Crippen LogP contribution in [-0.2, 0) is 17.9 Å². The zero-order chi connectivity index (χ0) is 13.0. The van der Waals surface area contributed by atoms with E-state index in [0.717, 1.165) is 25.8 Å². The maximum atomic E-state index is 12.2. The highest BCUT2D eigenvalue weighted by molar-refractivity contribution is 5.76. The Bertz CT molecular complexity index is 405. The number of aliphatic hydroxyl groups excluding tert-OH is 1. The normalized spacial score (nSPS) is 20.1. The number of piperidine rings is 1. The summed E-state index contributed by atoms with van der Waals surface area (Å²) >= 11 is 0. The van der Waals surface area contributed by atoms with Gasteiger partial charge < -0.3 is 10.0 Å². The van der Waals surface area contributed by atoms with Crippen molar-refractivity contribution in [3.63, 3.8) is 0 Å². The molecule has 18 heavy (non-hydrogen) atoms. The van der Waals surface area contributed by atoms with E-state index in [2.05, 4.69) is 17.2 Å². The first-order valence-electron chi connectivity index (χ1n) is 6.54. The largest absolute Gasteiger partial charge is 0.390 e. The van der Waals surface area contributed by atoms with Crippen molar-refractivity contribution in [1.82, 2.24) is 19.9 Å². The summed E-state index contributed by atoms with van der Waals surface area (Å²) in [7, 11) is 0. The number of rotatable bonds is 4. The van der Waals surface area contributed by atoms with Crippen molar-refractivity contribution in [2.75, 3.05) is 6.54 Å². The predicted molar refractivity (Wildman–Crippen MR) is 65.6 cm³/mol. The molecule has 0 aliphatic carbocycles. The fourth-order valence-corrected chi connectivity index (χ4v) is 2.47. The average Bonchev–Trinajstić information content (AvgIpc) is 2.86. The molecule has 0 aromatic carbocycles. The van der Waals surface area contributed by atoms with Crippen molar-refractivity contribution < 1.29 is 9.90 Å². The average molecular weight is 252 g/mol. The van der Waals surface area contributed by atoms with Gasteiger partial charge in [0.2, 0.25) is 5.91 Å². The second-order valence-electron chi connectivity index (χ2n) is 4.71. The zero-order valence-corrected chi connectivity index (χ0v) is 10.7. The number of carbonyl (C=O) groups is 1. The van der Waals surface area contributed by atoms with Gasteiger partial charge in [-0.05, 0) is 25.7 Å². The molecule has 1 fully saturated rings. The summed E-state index contributed by atoms with van der Waals surface area (Å²) in [5, 5.41) is 16.5. The van der Waals surface area contributed by atoms with Crippen LogP contribution >= 0.6 is 0 Å². The van der Waals surface area contributed by atoms with Crippen molar-refractivity contribution in [2.24, 2.45) is 0 Å². The maximum absolute atomic E-state index is 12.2. The molecule has 1 atom stereocenters. The van der Waals surface area contributed by atoms with Crippen molar-refractivity contribution in [1.29, 1.82) is 0 Å². The molecular formula is C12H20N4O2. The molecule has 1 aromatic rings. The number of amides is 1. The van der Waals surface area contributed by atoms with Crippen molar-refractivity contribution in [3.05, 3.63) is 11.9 Å². The third kappa shape index (κ3) is 2.87. The van der Waals surface area contributed by atoms with Crippen LogP contribution in [0, 0.1) is 0 Å². The van der Waals surface area contributed by atoms with E-state index in [1.807, 2.05) is 4.90 Å². The minimum atomic E-state index is -0.143. The van der Waals surface area contributed by atoms with Crippen LogP contribution in [0.4, 0.5) is 0 Å².